The van der Waals surface area contributed by atoms with Crippen LogP contribution in [0, 0.1) is 17.3 Å². The van der Waals surface area contributed by atoms with Crippen molar-refractivity contribution in [3.8, 4) is 0 Å². The van der Waals surface area contributed by atoms with E-state index in [4.69, 9.17) is 14.2 Å². The zero-order chi connectivity index (χ0) is 13.3. The fraction of sp³-hybridized carbons (Fsp3) is 0.833. The molecule has 3 atom stereocenters. The molecule has 5 nitrogen and oxygen atoms in total. The Bertz CT molecular complexity index is 340. The molecule has 0 N–H and O–H groups in total. The summed E-state index contributed by atoms with van der Waals surface area (Å²) in [6, 6.07) is 0. The Morgan fingerprint density at radius 1 is 1.33 bits per heavy atom. The van der Waals surface area contributed by atoms with E-state index in [9.17, 15) is 9.59 Å². The lowest BCUT2D eigenvalue weighted by molar-refractivity contribution is -0.172. The molecule has 1 aliphatic carbocycles. The van der Waals surface area contributed by atoms with Crippen molar-refractivity contribution in [2.75, 3.05) is 25.3 Å². The third-order valence-electron chi connectivity index (χ3n) is 4.11. The molecule has 1 heterocycles. The maximum atomic E-state index is 12.2. The van der Waals surface area contributed by atoms with Crippen LogP contribution < -0.4 is 0 Å². The first-order valence-electron chi connectivity index (χ1n) is 5.96. The van der Waals surface area contributed by atoms with Crippen molar-refractivity contribution in [3.63, 3.8) is 0 Å². The van der Waals surface area contributed by atoms with E-state index in [1.165, 1.54) is 14.2 Å². The predicted molar refractivity (Wildman–Crippen MR) is 71.3 cm³/mol. The minimum absolute atomic E-state index is 0.0277. The molecule has 1 saturated carbocycles. The van der Waals surface area contributed by atoms with Gasteiger partial charge in [0, 0.05) is 17.0 Å². The summed E-state index contributed by atoms with van der Waals surface area (Å²) in [4.78, 5) is 24.3. The van der Waals surface area contributed by atoms with Gasteiger partial charge in [0.25, 0.3) is 0 Å². The van der Waals surface area contributed by atoms with Crippen LogP contribution in [0.15, 0.2) is 0 Å². The average molecular weight is 368 g/mol. The van der Waals surface area contributed by atoms with E-state index >= 15 is 0 Å². The van der Waals surface area contributed by atoms with Crippen LogP contribution in [-0.2, 0) is 23.8 Å². The molecule has 0 aromatic heterocycles. The molecule has 0 amide bonds. The third-order valence-corrected chi connectivity index (χ3v) is 5.25. The number of hydrogen-bond donors (Lipinski definition) is 0. The van der Waals surface area contributed by atoms with Gasteiger partial charge >= 0.3 is 11.9 Å². The molecule has 3 unspecified atom stereocenters. The van der Waals surface area contributed by atoms with Gasteiger partial charge in [-0.1, -0.05) is 22.6 Å². The van der Waals surface area contributed by atoms with Gasteiger partial charge in [0.1, 0.15) is 0 Å². The van der Waals surface area contributed by atoms with Gasteiger partial charge in [-0.3, -0.25) is 9.59 Å². The molecule has 6 heteroatoms. The number of ether oxygens (including phenoxy) is 3. The van der Waals surface area contributed by atoms with Gasteiger partial charge in [-0.05, 0) is 18.8 Å². The van der Waals surface area contributed by atoms with Crippen LogP contribution in [-0.4, -0.2) is 43.3 Å². The summed E-state index contributed by atoms with van der Waals surface area (Å²) in [5, 5.41) is 0. The predicted octanol–water partition coefficient (Wildman–Crippen LogP) is 1.18. The lowest BCUT2D eigenvalue weighted by Crippen LogP contribution is -2.45. The fourth-order valence-electron chi connectivity index (χ4n) is 3.34. The van der Waals surface area contributed by atoms with E-state index in [0.717, 1.165) is 4.43 Å². The number of carbonyl (C=O) groups is 2. The summed E-state index contributed by atoms with van der Waals surface area (Å²) in [5.41, 5.74) is -1.17. The Labute approximate surface area is 120 Å². The van der Waals surface area contributed by atoms with Gasteiger partial charge < -0.3 is 14.2 Å². The molecule has 2 rings (SSSR count). The van der Waals surface area contributed by atoms with Crippen molar-refractivity contribution in [1.82, 2.24) is 0 Å². The first-order valence-corrected chi connectivity index (χ1v) is 7.48. The first kappa shape index (κ1) is 14.0. The zero-order valence-electron chi connectivity index (χ0n) is 10.5. The quantitative estimate of drug-likeness (QED) is 0.324. The smallest absolute Gasteiger partial charge is 0.323 e. The highest BCUT2D eigenvalue weighted by atomic mass is 127. The van der Waals surface area contributed by atoms with Crippen molar-refractivity contribution in [3.05, 3.63) is 0 Å². The van der Waals surface area contributed by atoms with Gasteiger partial charge in [-0.2, -0.15) is 0 Å². The summed E-state index contributed by atoms with van der Waals surface area (Å²) < 4.78 is 16.3. The second-order valence-corrected chi connectivity index (χ2v) is 5.68. The highest BCUT2D eigenvalue weighted by Gasteiger charge is 2.65. The average Bonchev–Trinajstić information content (AvgIpc) is 2.97. The summed E-state index contributed by atoms with van der Waals surface area (Å²) in [5.74, 6) is -0.877. The highest BCUT2D eigenvalue weighted by molar-refractivity contribution is 14.1. The molecule has 102 valence electrons. The molecule has 0 spiro atoms. The van der Waals surface area contributed by atoms with E-state index in [1.54, 1.807) is 0 Å². The molecule has 1 aliphatic heterocycles. The van der Waals surface area contributed by atoms with Crippen molar-refractivity contribution < 1.29 is 23.8 Å². The SMILES string of the molecule is COC(=O)C1(C(=O)OC)CC(CI)C2OCCC21. The maximum absolute atomic E-state index is 12.2. The highest BCUT2D eigenvalue weighted by Crippen LogP contribution is 2.54. The van der Waals surface area contributed by atoms with Crippen molar-refractivity contribution in [2.24, 2.45) is 17.3 Å². The Balaban J connectivity index is 2.40. The summed E-state index contributed by atoms with van der Waals surface area (Å²) >= 11 is 2.27. The first-order chi connectivity index (χ1) is 8.61. The van der Waals surface area contributed by atoms with Crippen molar-refractivity contribution in [2.45, 2.75) is 18.9 Å². The number of halogens is 1. The van der Waals surface area contributed by atoms with Crippen LogP contribution in [0.2, 0.25) is 0 Å². The van der Waals surface area contributed by atoms with Crippen molar-refractivity contribution in [1.29, 1.82) is 0 Å². The minimum atomic E-state index is -1.17. The van der Waals surface area contributed by atoms with Gasteiger partial charge in [-0.15, -0.1) is 0 Å². The van der Waals surface area contributed by atoms with Crippen LogP contribution in [0.25, 0.3) is 0 Å². The molecule has 0 aromatic rings. The summed E-state index contributed by atoms with van der Waals surface area (Å²) in [6.45, 7) is 0.595. The van der Waals surface area contributed by atoms with Gasteiger partial charge in [0.2, 0.25) is 0 Å². The molecule has 0 bridgehead atoms. The fourth-order valence-corrected chi connectivity index (χ4v) is 4.16. The van der Waals surface area contributed by atoms with Crippen LogP contribution in [0.4, 0.5) is 0 Å². The van der Waals surface area contributed by atoms with Crippen molar-refractivity contribution >= 4 is 34.5 Å². The molecule has 2 fully saturated rings. The van der Waals surface area contributed by atoms with Crippen LogP contribution in [0.3, 0.4) is 0 Å². The number of hydrogen-bond acceptors (Lipinski definition) is 5. The third kappa shape index (κ3) is 1.84. The minimum Gasteiger partial charge on any atom is -0.468 e. The number of alkyl halides is 1. The van der Waals surface area contributed by atoms with Crippen LogP contribution in [0.5, 0.6) is 0 Å². The Morgan fingerprint density at radius 3 is 2.44 bits per heavy atom. The largest absolute Gasteiger partial charge is 0.468 e. The lowest BCUT2D eigenvalue weighted by Gasteiger charge is -2.28. The molecule has 18 heavy (non-hydrogen) atoms. The molecular weight excluding hydrogens is 351 g/mol. The molecule has 1 saturated heterocycles. The van der Waals surface area contributed by atoms with E-state index in [-0.39, 0.29) is 17.9 Å². The van der Waals surface area contributed by atoms with E-state index in [1.807, 2.05) is 0 Å². The van der Waals surface area contributed by atoms with E-state index < -0.39 is 17.4 Å². The summed E-state index contributed by atoms with van der Waals surface area (Å²) in [6.07, 6.45) is 1.15. The lowest BCUT2D eigenvalue weighted by atomic mass is 9.76. The van der Waals surface area contributed by atoms with Gasteiger partial charge in [-0.25, -0.2) is 0 Å². The standard InChI is InChI=1S/C12H17IO5/c1-16-10(14)12(11(15)17-2)5-7(6-13)9-8(12)3-4-18-9/h7-9H,3-6H2,1-2H3. The number of methoxy groups -OCH3 is 2. The second kappa shape index (κ2) is 5.32. The number of carbonyl (C=O) groups excluding carboxylic acids is 2. The normalized spacial score (nSPS) is 32.9. The second-order valence-electron chi connectivity index (χ2n) is 4.80. The Kier molecular flexibility index (Phi) is 4.15. The molecular formula is C12H17IO5. The number of esters is 2. The topological polar surface area (TPSA) is 61.8 Å². The Hall–Kier alpha value is -0.370. The monoisotopic (exact) mass is 368 g/mol. The van der Waals surface area contributed by atoms with E-state index in [0.29, 0.717) is 19.4 Å². The molecule has 0 radical (unpaired) electrons. The molecule has 0 aromatic carbocycles. The zero-order valence-corrected chi connectivity index (χ0v) is 12.6. The van der Waals surface area contributed by atoms with Crippen LogP contribution in [0.1, 0.15) is 12.8 Å². The Morgan fingerprint density at radius 2 is 1.94 bits per heavy atom. The van der Waals surface area contributed by atoms with E-state index in [2.05, 4.69) is 22.6 Å². The number of rotatable bonds is 3. The number of fused-ring (bicyclic) bond motifs is 1. The van der Waals surface area contributed by atoms with Crippen LogP contribution >= 0.6 is 22.6 Å². The van der Waals surface area contributed by atoms with Gasteiger partial charge in [0.05, 0.1) is 20.3 Å². The maximum Gasteiger partial charge on any atom is 0.323 e. The molecule has 2 aliphatic rings. The van der Waals surface area contributed by atoms with Gasteiger partial charge in [0.15, 0.2) is 5.41 Å². The summed E-state index contributed by atoms with van der Waals surface area (Å²) in [7, 11) is 2.63.